The molecule has 1 aliphatic carbocycles. The molecule has 0 spiro atoms. The molecule has 0 saturated heterocycles. The van der Waals surface area contributed by atoms with Crippen molar-refractivity contribution in [1.82, 2.24) is 10.2 Å². The molecule has 38 heavy (non-hydrogen) atoms. The van der Waals surface area contributed by atoms with Crippen LogP contribution in [-0.2, 0) is 11.2 Å². The van der Waals surface area contributed by atoms with Gasteiger partial charge in [-0.3, -0.25) is 9.59 Å². The lowest BCUT2D eigenvalue weighted by Gasteiger charge is -2.33. The summed E-state index contributed by atoms with van der Waals surface area (Å²) in [6, 6.07) is 15.5. The van der Waals surface area contributed by atoms with Gasteiger partial charge in [-0.15, -0.1) is 0 Å². The summed E-state index contributed by atoms with van der Waals surface area (Å²) in [5.41, 5.74) is 1.61. The van der Waals surface area contributed by atoms with E-state index < -0.39 is 6.04 Å². The zero-order chi connectivity index (χ0) is 26.9. The minimum absolute atomic E-state index is 0.0933. The summed E-state index contributed by atoms with van der Waals surface area (Å²) in [6.45, 7) is 0.273. The van der Waals surface area contributed by atoms with E-state index in [0.29, 0.717) is 29.2 Å². The number of carbonyl (C=O) groups excluding carboxylic acids is 2. The third-order valence-corrected chi connectivity index (χ3v) is 7.00. The quantitative estimate of drug-likeness (QED) is 0.375. The summed E-state index contributed by atoms with van der Waals surface area (Å²) in [4.78, 5) is 29.3. The van der Waals surface area contributed by atoms with Crippen LogP contribution in [0.1, 0.15) is 59.8 Å². The molecule has 0 unspecified atom stereocenters. The van der Waals surface area contributed by atoms with Gasteiger partial charge in [0.15, 0.2) is 17.3 Å². The van der Waals surface area contributed by atoms with Gasteiger partial charge < -0.3 is 28.8 Å². The van der Waals surface area contributed by atoms with Gasteiger partial charge >= 0.3 is 0 Å². The molecule has 8 heteroatoms. The number of hydrogen-bond acceptors (Lipinski definition) is 6. The van der Waals surface area contributed by atoms with Crippen LogP contribution in [0.25, 0.3) is 0 Å². The molecule has 2 amide bonds. The third kappa shape index (κ3) is 6.49. The van der Waals surface area contributed by atoms with Crippen molar-refractivity contribution in [1.29, 1.82) is 0 Å². The van der Waals surface area contributed by atoms with E-state index in [9.17, 15) is 9.59 Å². The van der Waals surface area contributed by atoms with Crippen LogP contribution in [0.2, 0.25) is 0 Å². The predicted octanol–water partition coefficient (Wildman–Crippen LogP) is 5.18. The van der Waals surface area contributed by atoms with Crippen LogP contribution in [0.5, 0.6) is 17.2 Å². The van der Waals surface area contributed by atoms with Gasteiger partial charge in [-0.1, -0.05) is 37.5 Å². The van der Waals surface area contributed by atoms with Crippen molar-refractivity contribution < 1.29 is 28.2 Å². The molecule has 0 aliphatic heterocycles. The van der Waals surface area contributed by atoms with Crippen LogP contribution in [0.3, 0.4) is 0 Å². The Labute approximate surface area is 223 Å². The fourth-order valence-corrected chi connectivity index (χ4v) is 4.99. The predicted molar refractivity (Wildman–Crippen MR) is 144 cm³/mol. The Kier molecular flexibility index (Phi) is 9.30. The number of carbonyl (C=O) groups is 2. The summed E-state index contributed by atoms with van der Waals surface area (Å²) < 4.78 is 21.7. The molecule has 1 aliphatic rings. The second kappa shape index (κ2) is 13.0. The number of amides is 2. The first-order valence-electron chi connectivity index (χ1n) is 13.0. The van der Waals surface area contributed by atoms with Gasteiger partial charge in [0.2, 0.25) is 5.91 Å². The van der Waals surface area contributed by atoms with E-state index in [1.807, 2.05) is 42.5 Å². The maximum atomic E-state index is 13.9. The average molecular weight is 521 g/mol. The lowest BCUT2D eigenvalue weighted by molar-refractivity contribution is -0.126. The van der Waals surface area contributed by atoms with Crippen molar-refractivity contribution in [2.75, 3.05) is 27.9 Å². The molecule has 202 valence electrons. The number of nitrogens with zero attached hydrogens (tertiary/aromatic N) is 1. The fourth-order valence-electron chi connectivity index (χ4n) is 4.99. The Balaban J connectivity index is 1.69. The first kappa shape index (κ1) is 27.1. The SMILES string of the molecule is COc1cccc([C@H](C(=O)NC2CCCCC2)N(CCc2ccc(OC)c(OC)c2)C(=O)c2ccco2)c1. The topological polar surface area (TPSA) is 90.2 Å². The van der Waals surface area contributed by atoms with E-state index in [0.717, 1.165) is 31.2 Å². The summed E-state index contributed by atoms with van der Waals surface area (Å²) in [5.74, 6) is 1.45. The van der Waals surface area contributed by atoms with E-state index in [-0.39, 0.29) is 30.2 Å². The van der Waals surface area contributed by atoms with Crippen LogP contribution in [-0.4, -0.2) is 50.6 Å². The van der Waals surface area contributed by atoms with Gasteiger partial charge in [0.25, 0.3) is 5.91 Å². The molecule has 1 atom stereocenters. The Morgan fingerprint density at radius 2 is 1.74 bits per heavy atom. The number of ether oxygens (including phenoxy) is 3. The maximum absolute atomic E-state index is 13.9. The van der Waals surface area contributed by atoms with Crippen molar-refractivity contribution in [3.63, 3.8) is 0 Å². The van der Waals surface area contributed by atoms with Gasteiger partial charge in [0.1, 0.15) is 11.8 Å². The van der Waals surface area contributed by atoms with Crippen molar-refractivity contribution >= 4 is 11.8 Å². The van der Waals surface area contributed by atoms with Gasteiger partial charge in [0.05, 0.1) is 27.6 Å². The number of rotatable bonds is 11. The Morgan fingerprint density at radius 3 is 2.42 bits per heavy atom. The molecule has 1 heterocycles. The molecule has 8 nitrogen and oxygen atoms in total. The highest BCUT2D eigenvalue weighted by Crippen LogP contribution is 2.30. The normalized spacial score (nSPS) is 14.4. The monoisotopic (exact) mass is 520 g/mol. The zero-order valence-corrected chi connectivity index (χ0v) is 22.3. The zero-order valence-electron chi connectivity index (χ0n) is 22.3. The number of nitrogens with one attached hydrogen (secondary N) is 1. The number of methoxy groups -OCH3 is 3. The summed E-state index contributed by atoms with van der Waals surface area (Å²) in [6.07, 6.45) is 7.18. The maximum Gasteiger partial charge on any atom is 0.290 e. The molecular formula is C30H36N2O6. The number of furan rings is 1. The van der Waals surface area contributed by atoms with Crippen LogP contribution < -0.4 is 19.5 Å². The Bertz CT molecular complexity index is 1200. The van der Waals surface area contributed by atoms with Crippen molar-refractivity contribution in [2.24, 2.45) is 0 Å². The molecule has 0 bridgehead atoms. The van der Waals surface area contributed by atoms with Gasteiger partial charge in [-0.25, -0.2) is 0 Å². The van der Waals surface area contributed by atoms with E-state index in [1.54, 1.807) is 38.4 Å². The number of benzene rings is 2. The van der Waals surface area contributed by atoms with Crippen LogP contribution in [0, 0.1) is 0 Å². The van der Waals surface area contributed by atoms with Gasteiger partial charge in [-0.2, -0.15) is 0 Å². The largest absolute Gasteiger partial charge is 0.497 e. The lowest BCUT2D eigenvalue weighted by Crippen LogP contribution is -2.47. The van der Waals surface area contributed by atoms with E-state index in [1.165, 1.54) is 12.7 Å². The van der Waals surface area contributed by atoms with Crippen molar-refractivity contribution in [3.8, 4) is 17.2 Å². The highest BCUT2D eigenvalue weighted by molar-refractivity contribution is 5.96. The van der Waals surface area contributed by atoms with Crippen molar-refractivity contribution in [2.45, 2.75) is 50.6 Å². The van der Waals surface area contributed by atoms with Crippen LogP contribution in [0.15, 0.2) is 65.3 Å². The molecule has 1 saturated carbocycles. The highest BCUT2D eigenvalue weighted by atomic mass is 16.5. The molecule has 3 aromatic rings. The van der Waals surface area contributed by atoms with Gasteiger partial charge in [0, 0.05) is 12.6 Å². The van der Waals surface area contributed by atoms with Crippen LogP contribution >= 0.6 is 0 Å². The minimum atomic E-state index is -0.871. The van der Waals surface area contributed by atoms with Gasteiger partial charge in [-0.05, 0) is 66.8 Å². The Hall–Kier alpha value is -3.94. The second-order valence-electron chi connectivity index (χ2n) is 9.44. The summed E-state index contributed by atoms with van der Waals surface area (Å²) >= 11 is 0. The second-order valence-corrected chi connectivity index (χ2v) is 9.44. The standard InChI is InChI=1S/C30H36N2O6/c1-35-24-12-7-9-22(20-24)28(29(33)31-23-10-5-4-6-11-23)32(30(34)26-13-8-18-38-26)17-16-21-14-15-25(36-2)27(19-21)37-3/h7-9,12-15,18-20,23,28H,4-6,10-11,16-17H2,1-3H3,(H,31,33)/t28-/m1/s1. The van der Waals surface area contributed by atoms with E-state index in [2.05, 4.69) is 5.32 Å². The van der Waals surface area contributed by atoms with E-state index >= 15 is 0 Å². The Morgan fingerprint density at radius 1 is 0.947 bits per heavy atom. The molecular weight excluding hydrogens is 484 g/mol. The fraction of sp³-hybridized carbons (Fsp3) is 0.400. The third-order valence-electron chi connectivity index (χ3n) is 7.00. The molecule has 1 fully saturated rings. The molecule has 1 N–H and O–H groups in total. The molecule has 4 rings (SSSR count). The first-order chi connectivity index (χ1) is 18.5. The number of hydrogen-bond donors (Lipinski definition) is 1. The molecule has 2 aromatic carbocycles. The summed E-state index contributed by atoms with van der Waals surface area (Å²) in [5, 5.41) is 3.23. The van der Waals surface area contributed by atoms with E-state index in [4.69, 9.17) is 18.6 Å². The lowest BCUT2D eigenvalue weighted by atomic mass is 9.94. The summed E-state index contributed by atoms with van der Waals surface area (Å²) in [7, 11) is 4.76. The molecule has 1 aromatic heterocycles. The molecule has 0 radical (unpaired) electrons. The van der Waals surface area contributed by atoms with Crippen molar-refractivity contribution in [3.05, 3.63) is 77.7 Å². The smallest absolute Gasteiger partial charge is 0.290 e. The average Bonchev–Trinajstić information content (AvgIpc) is 3.50. The highest BCUT2D eigenvalue weighted by Gasteiger charge is 2.34. The van der Waals surface area contributed by atoms with Crippen LogP contribution in [0.4, 0.5) is 0 Å². The first-order valence-corrected chi connectivity index (χ1v) is 13.0. The minimum Gasteiger partial charge on any atom is -0.497 e.